The molecule has 0 atom stereocenters. The third-order valence-corrected chi connectivity index (χ3v) is 4.26. The van der Waals surface area contributed by atoms with Crippen molar-refractivity contribution in [2.45, 2.75) is 26.5 Å². The van der Waals surface area contributed by atoms with Crippen molar-refractivity contribution < 1.29 is 18.3 Å². The first-order chi connectivity index (χ1) is 14.6. The lowest BCUT2D eigenvalue weighted by molar-refractivity contribution is -0.0504. The minimum absolute atomic E-state index is 0.0697. The van der Waals surface area contributed by atoms with Gasteiger partial charge >= 0.3 is 6.61 Å². The molecule has 2 aromatic heterocycles. The molecule has 10 heteroatoms. The number of methoxy groups -OCH3 is 1. The zero-order valence-electron chi connectivity index (χ0n) is 16.8. The lowest BCUT2D eigenvalue weighted by Gasteiger charge is -2.13. The van der Waals surface area contributed by atoms with E-state index in [2.05, 4.69) is 30.6 Å². The predicted molar refractivity (Wildman–Crippen MR) is 109 cm³/mol. The Morgan fingerprint density at radius 3 is 2.83 bits per heavy atom. The Morgan fingerprint density at radius 2 is 2.07 bits per heavy atom. The van der Waals surface area contributed by atoms with Crippen LogP contribution in [0.25, 0.3) is 5.65 Å². The van der Waals surface area contributed by atoms with E-state index in [1.165, 1.54) is 13.2 Å². The van der Waals surface area contributed by atoms with E-state index >= 15 is 0 Å². The van der Waals surface area contributed by atoms with Gasteiger partial charge < -0.3 is 20.1 Å². The van der Waals surface area contributed by atoms with E-state index in [1.807, 2.05) is 35.7 Å². The van der Waals surface area contributed by atoms with E-state index < -0.39 is 6.61 Å². The highest BCUT2D eigenvalue weighted by molar-refractivity contribution is 5.79. The van der Waals surface area contributed by atoms with Gasteiger partial charge in [-0.15, -0.1) is 10.2 Å². The highest BCUT2D eigenvalue weighted by atomic mass is 19.3. The number of fused-ring (bicyclic) bond motifs is 1. The second kappa shape index (κ2) is 10.4. The second-order valence-electron chi connectivity index (χ2n) is 6.27. The third kappa shape index (κ3) is 5.56. The highest BCUT2D eigenvalue weighted by Gasteiger charge is 2.11. The fourth-order valence-corrected chi connectivity index (χ4v) is 2.88. The second-order valence-corrected chi connectivity index (χ2v) is 6.27. The molecule has 30 heavy (non-hydrogen) atoms. The number of pyridine rings is 1. The van der Waals surface area contributed by atoms with Crippen LogP contribution in [0.2, 0.25) is 0 Å². The van der Waals surface area contributed by atoms with Gasteiger partial charge in [0.25, 0.3) is 0 Å². The number of nitrogens with zero attached hydrogens (tertiary/aromatic N) is 4. The zero-order chi connectivity index (χ0) is 21.3. The van der Waals surface area contributed by atoms with E-state index in [9.17, 15) is 8.78 Å². The number of aromatic nitrogens is 3. The number of ether oxygens (including phenoxy) is 2. The molecule has 0 saturated carbocycles. The summed E-state index contributed by atoms with van der Waals surface area (Å²) in [5, 5.41) is 14.7. The molecular formula is C20H24F2N6O2. The number of guanidine groups is 1. The SMILES string of the molecule is CCNC(=NCc1cc(OC)ccc1OC(F)F)NCCc1nnc2ccccn12. The monoisotopic (exact) mass is 418 g/mol. The average molecular weight is 418 g/mol. The Morgan fingerprint density at radius 1 is 1.20 bits per heavy atom. The Labute approximate surface area is 172 Å². The molecule has 0 aliphatic carbocycles. The highest BCUT2D eigenvalue weighted by Crippen LogP contribution is 2.26. The standard InChI is InChI=1S/C20H24F2N6O2/c1-3-23-20(24-10-9-18-27-26-17-6-4-5-11-28(17)18)25-13-14-12-15(29-2)7-8-16(14)30-19(21)22/h4-8,11-12,19H,3,9-10,13H2,1-2H3,(H2,23,24,25). The van der Waals surface area contributed by atoms with Gasteiger partial charge in [-0.05, 0) is 37.3 Å². The maximum Gasteiger partial charge on any atom is 0.387 e. The van der Waals surface area contributed by atoms with Crippen LogP contribution in [0.15, 0.2) is 47.6 Å². The smallest absolute Gasteiger partial charge is 0.387 e. The molecule has 0 radical (unpaired) electrons. The van der Waals surface area contributed by atoms with Crippen molar-refractivity contribution in [2.75, 3.05) is 20.2 Å². The molecule has 0 saturated heterocycles. The summed E-state index contributed by atoms with van der Waals surface area (Å²) in [5.74, 6) is 1.99. The molecule has 3 aromatic rings. The van der Waals surface area contributed by atoms with E-state index in [0.717, 1.165) is 11.5 Å². The lowest BCUT2D eigenvalue weighted by Crippen LogP contribution is -2.38. The van der Waals surface area contributed by atoms with Crippen molar-refractivity contribution in [3.8, 4) is 11.5 Å². The molecule has 3 rings (SSSR count). The molecule has 2 heterocycles. The average Bonchev–Trinajstić information content (AvgIpc) is 3.15. The fourth-order valence-electron chi connectivity index (χ4n) is 2.88. The molecule has 0 fully saturated rings. The van der Waals surface area contributed by atoms with Crippen molar-refractivity contribution in [3.63, 3.8) is 0 Å². The van der Waals surface area contributed by atoms with Crippen LogP contribution in [0.5, 0.6) is 11.5 Å². The molecule has 160 valence electrons. The fraction of sp³-hybridized carbons (Fsp3) is 0.350. The number of halogens is 2. The van der Waals surface area contributed by atoms with Crippen molar-refractivity contribution in [1.29, 1.82) is 0 Å². The normalized spacial score (nSPS) is 11.7. The van der Waals surface area contributed by atoms with Crippen molar-refractivity contribution >= 4 is 11.6 Å². The molecule has 0 aliphatic heterocycles. The number of hydrogen-bond donors (Lipinski definition) is 2. The molecule has 0 aliphatic rings. The topological polar surface area (TPSA) is 85.1 Å². The Bertz CT molecular complexity index is 992. The minimum Gasteiger partial charge on any atom is -0.497 e. The molecule has 2 N–H and O–H groups in total. The maximum atomic E-state index is 12.7. The molecule has 0 spiro atoms. The third-order valence-electron chi connectivity index (χ3n) is 4.26. The van der Waals surface area contributed by atoms with Gasteiger partial charge in [0.05, 0.1) is 13.7 Å². The maximum absolute atomic E-state index is 12.7. The summed E-state index contributed by atoms with van der Waals surface area (Å²) in [6, 6.07) is 10.4. The molecule has 8 nitrogen and oxygen atoms in total. The van der Waals surface area contributed by atoms with Gasteiger partial charge in [0.1, 0.15) is 17.3 Å². The number of benzene rings is 1. The van der Waals surface area contributed by atoms with Crippen LogP contribution in [-0.2, 0) is 13.0 Å². The summed E-state index contributed by atoms with van der Waals surface area (Å²) in [7, 11) is 1.51. The van der Waals surface area contributed by atoms with E-state index in [1.54, 1.807) is 12.1 Å². The Kier molecular flexibility index (Phi) is 7.36. The number of hydrogen-bond acceptors (Lipinski definition) is 5. The van der Waals surface area contributed by atoms with E-state index in [-0.39, 0.29) is 12.3 Å². The van der Waals surface area contributed by atoms with E-state index in [0.29, 0.717) is 36.8 Å². The van der Waals surface area contributed by atoms with Crippen LogP contribution in [-0.4, -0.2) is 47.4 Å². The minimum atomic E-state index is -2.91. The quantitative estimate of drug-likeness (QED) is 0.411. The van der Waals surface area contributed by atoms with E-state index in [4.69, 9.17) is 4.74 Å². The van der Waals surface area contributed by atoms with Gasteiger partial charge in [-0.3, -0.25) is 4.40 Å². The van der Waals surface area contributed by atoms with Crippen molar-refractivity contribution in [3.05, 3.63) is 54.0 Å². The first-order valence-corrected chi connectivity index (χ1v) is 9.53. The van der Waals surface area contributed by atoms with Gasteiger partial charge in [0.2, 0.25) is 0 Å². The molecule has 0 bridgehead atoms. The molecule has 1 aromatic carbocycles. The largest absolute Gasteiger partial charge is 0.497 e. The van der Waals surface area contributed by atoms with Gasteiger partial charge in [-0.1, -0.05) is 6.07 Å². The van der Waals surface area contributed by atoms with Crippen molar-refractivity contribution in [2.24, 2.45) is 4.99 Å². The summed E-state index contributed by atoms with van der Waals surface area (Å²) in [6.07, 6.45) is 2.55. The van der Waals surface area contributed by atoms with Crippen LogP contribution in [0, 0.1) is 0 Å². The number of nitrogens with one attached hydrogen (secondary N) is 2. The van der Waals surface area contributed by atoms with Gasteiger partial charge in [0.15, 0.2) is 11.6 Å². The lowest BCUT2D eigenvalue weighted by atomic mass is 10.2. The first-order valence-electron chi connectivity index (χ1n) is 9.53. The van der Waals surface area contributed by atoms with Crippen LogP contribution in [0.1, 0.15) is 18.3 Å². The molecular weight excluding hydrogens is 394 g/mol. The summed E-state index contributed by atoms with van der Waals surface area (Å²) < 4.78 is 37.1. The predicted octanol–water partition coefficient (Wildman–Crippen LogP) is 2.64. The van der Waals surface area contributed by atoms with Crippen LogP contribution in [0.3, 0.4) is 0 Å². The number of aliphatic imine (C=N–C) groups is 1. The Hall–Kier alpha value is -3.43. The zero-order valence-corrected chi connectivity index (χ0v) is 16.8. The summed E-state index contributed by atoms with van der Waals surface area (Å²) in [5.41, 5.74) is 1.29. The summed E-state index contributed by atoms with van der Waals surface area (Å²) in [4.78, 5) is 4.48. The van der Waals surface area contributed by atoms with Gasteiger partial charge in [-0.2, -0.15) is 8.78 Å². The number of rotatable bonds is 9. The first kappa shape index (κ1) is 21.3. The van der Waals surface area contributed by atoms with Crippen LogP contribution in [0.4, 0.5) is 8.78 Å². The van der Waals surface area contributed by atoms with Crippen LogP contribution < -0.4 is 20.1 Å². The van der Waals surface area contributed by atoms with Crippen LogP contribution >= 0.6 is 0 Å². The number of alkyl halides is 2. The van der Waals surface area contributed by atoms with Crippen molar-refractivity contribution in [1.82, 2.24) is 25.2 Å². The molecule has 0 amide bonds. The summed E-state index contributed by atoms with van der Waals surface area (Å²) in [6.45, 7) is 0.395. The van der Waals surface area contributed by atoms with Gasteiger partial charge in [0, 0.05) is 31.3 Å². The Balaban J connectivity index is 1.67. The molecule has 0 unspecified atom stereocenters. The van der Waals surface area contributed by atoms with Gasteiger partial charge in [-0.25, -0.2) is 4.99 Å². The summed E-state index contributed by atoms with van der Waals surface area (Å²) >= 11 is 0.